The van der Waals surface area contributed by atoms with Crippen LogP contribution in [0.25, 0.3) is 0 Å². The number of hydrogen-bond acceptors (Lipinski definition) is 2. The zero-order valence-electron chi connectivity index (χ0n) is 6.22. The fourth-order valence-electron chi connectivity index (χ4n) is 0.624. The van der Waals surface area contributed by atoms with Crippen molar-refractivity contribution in [3.8, 4) is 0 Å². The van der Waals surface area contributed by atoms with E-state index in [0.29, 0.717) is 5.92 Å². The molecule has 0 aromatic rings. The number of rotatable bonds is 3. The monoisotopic (exact) mass is 146 g/mol. The van der Waals surface area contributed by atoms with Crippen LogP contribution in [0.3, 0.4) is 0 Å². The molecule has 0 spiro atoms. The number of ketones is 1. The Hall–Kier alpha value is 0.0200. The first-order valence-corrected chi connectivity index (χ1v) is 3.79. The van der Waals surface area contributed by atoms with Gasteiger partial charge in [0.1, 0.15) is 5.78 Å². The van der Waals surface area contributed by atoms with Gasteiger partial charge in [-0.1, -0.05) is 20.3 Å². The summed E-state index contributed by atoms with van der Waals surface area (Å²) >= 11 is 4.15. The van der Waals surface area contributed by atoms with Crippen LogP contribution in [0.4, 0.5) is 0 Å². The molecule has 0 aliphatic rings. The minimum Gasteiger partial charge on any atom is -0.299 e. The molecule has 0 N–H and O–H groups in total. The van der Waals surface area contributed by atoms with E-state index in [1.54, 1.807) is 6.92 Å². The number of carbonyl (C=O) groups is 1. The van der Waals surface area contributed by atoms with E-state index in [0.717, 1.165) is 6.42 Å². The van der Waals surface area contributed by atoms with Gasteiger partial charge in [0.25, 0.3) is 0 Å². The molecule has 9 heavy (non-hydrogen) atoms. The van der Waals surface area contributed by atoms with Crippen LogP contribution in [-0.2, 0) is 4.79 Å². The van der Waals surface area contributed by atoms with E-state index in [-0.39, 0.29) is 11.0 Å². The summed E-state index contributed by atoms with van der Waals surface area (Å²) in [6.07, 6.45) is 1.02. The van der Waals surface area contributed by atoms with E-state index in [1.807, 2.05) is 6.92 Å². The van der Waals surface area contributed by atoms with Gasteiger partial charge in [-0.15, -0.1) is 0 Å². The molecular weight excluding hydrogens is 132 g/mol. The molecule has 0 radical (unpaired) electrons. The summed E-state index contributed by atoms with van der Waals surface area (Å²) < 4.78 is 0. The molecule has 54 valence electrons. The zero-order chi connectivity index (χ0) is 7.44. The average Bonchev–Trinajstić information content (AvgIpc) is 1.84. The predicted octanol–water partition coefficient (Wildman–Crippen LogP) is 1.92. The highest BCUT2D eigenvalue weighted by atomic mass is 32.1. The standard InChI is InChI=1S/C7H14OS/c1-4-5(2)7(9)6(3)8/h5,7,9H,4H2,1-3H3/t5-,7?/m0/s1. The highest BCUT2D eigenvalue weighted by Crippen LogP contribution is 2.13. The lowest BCUT2D eigenvalue weighted by atomic mass is 10.0. The van der Waals surface area contributed by atoms with Gasteiger partial charge in [-0.2, -0.15) is 12.6 Å². The van der Waals surface area contributed by atoms with Crippen LogP contribution in [0.5, 0.6) is 0 Å². The molecule has 0 amide bonds. The Labute approximate surface area is 62.2 Å². The molecule has 0 aliphatic carbocycles. The Balaban J connectivity index is 3.72. The molecule has 0 aliphatic heterocycles. The SMILES string of the molecule is CC[C@H](C)C(S)C(C)=O. The first-order valence-electron chi connectivity index (χ1n) is 3.28. The van der Waals surface area contributed by atoms with E-state index < -0.39 is 0 Å². The quantitative estimate of drug-likeness (QED) is 0.602. The lowest BCUT2D eigenvalue weighted by molar-refractivity contribution is -0.117. The van der Waals surface area contributed by atoms with Crippen molar-refractivity contribution in [3.05, 3.63) is 0 Å². The number of hydrogen-bond donors (Lipinski definition) is 1. The first kappa shape index (κ1) is 9.02. The van der Waals surface area contributed by atoms with Crippen molar-refractivity contribution >= 4 is 18.4 Å². The van der Waals surface area contributed by atoms with Crippen molar-refractivity contribution in [2.24, 2.45) is 5.92 Å². The Bertz CT molecular complexity index is 101. The molecule has 0 fully saturated rings. The maximum absolute atomic E-state index is 10.7. The van der Waals surface area contributed by atoms with Gasteiger partial charge in [-0.05, 0) is 12.8 Å². The second-order valence-electron chi connectivity index (χ2n) is 2.44. The van der Waals surface area contributed by atoms with Crippen molar-refractivity contribution in [3.63, 3.8) is 0 Å². The average molecular weight is 146 g/mol. The van der Waals surface area contributed by atoms with Crippen LogP contribution < -0.4 is 0 Å². The van der Waals surface area contributed by atoms with E-state index in [4.69, 9.17) is 0 Å². The minimum atomic E-state index is -0.0602. The van der Waals surface area contributed by atoms with Crippen LogP contribution in [-0.4, -0.2) is 11.0 Å². The van der Waals surface area contributed by atoms with Gasteiger partial charge >= 0.3 is 0 Å². The fraction of sp³-hybridized carbons (Fsp3) is 0.857. The molecule has 2 heteroatoms. The lowest BCUT2D eigenvalue weighted by Crippen LogP contribution is -2.18. The minimum absolute atomic E-state index is 0.0602. The number of thiol groups is 1. The Morgan fingerprint density at radius 1 is 1.67 bits per heavy atom. The van der Waals surface area contributed by atoms with E-state index in [1.165, 1.54) is 0 Å². The van der Waals surface area contributed by atoms with Crippen molar-refractivity contribution in [1.29, 1.82) is 0 Å². The Morgan fingerprint density at radius 2 is 2.11 bits per heavy atom. The third-order valence-corrected chi connectivity index (χ3v) is 2.47. The van der Waals surface area contributed by atoms with Crippen LogP contribution in [0, 0.1) is 5.92 Å². The van der Waals surface area contributed by atoms with E-state index in [9.17, 15) is 4.79 Å². The van der Waals surface area contributed by atoms with Gasteiger partial charge in [0, 0.05) is 0 Å². The van der Waals surface area contributed by atoms with Gasteiger partial charge in [-0.25, -0.2) is 0 Å². The maximum atomic E-state index is 10.7. The molecule has 0 aromatic heterocycles. The zero-order valence-corrected chi connectivity index (χ0v) is 7.11. The van der Waals surface area contributed by atoms with Gasteiger partial charge in [0.05, 0.1) is 5.25 Å². The Morgan fingerprint density at radius 3 is 2.22 bits per heavy atom. The summed E-state index contributed by atoms with van der Waals surface area (Å²) in [5.41, 5.74) is 0. The van der Waals surface area contributed by atoms with Crippen molar-refractivity contribution in [2.45, 2.75) is 32.4 Å². The molecule has 0 saturated heterocycles. The van der Waals surface area contributed by atoms with Crippen molar-refractivity contribution in [1.82, 2.24) is 0 Å². The van der Waals surface area contributed by atoms with Gasteiger partial charge in [0.15, 0.2) is 0 Å². The first-order chi connectivity index (χ1) is 4.09. The van der Waals surface area contributed by atoms with Gasteiger partial charge in [-0.3, -0.25) is 4.79 Å². The van der Waals surface area contributed by atoms with Crippen LogP contribution in [0.1, 0.15) is 27.2 Å². The van der Waals surface area contributed by atoms with Crippen LogP contribution >= 0.6 is 12.6 Å². The van der Waals surface area contributed by atoms with E-state index >= 15 is 0 Å². The topological polar surface area (TPSA) is 17.1 Å². The molecular formula is C7H14OS. The molecule has 1 nitrogen and oxygen atoms in total. The maximum Gasteiger partial charge on any atom is 0.142 e. The molecule has 0 aromatic carbocycles. The molecule has 0 saturated carbocycles. The molecule has 2 atom stereocenters. The predicted molar refractivity (Wildman–Crippen MR) is 42.9 cm³/mol. The lowest BCUT2D eigenvalue weighted by Gasteiger charge is -2.12. The largest absolute Gasteiger partial charge is 0.299 e. The summed E-state index contributed by atoms with van der Waals surface area (Å²) in [6.45, 7) is 5.69. The Kier molecular flexibility index (Phi) is 3.95. The van der Waals surface area contributed by atoms with Crippen LogP contribution in [0.2, 0.25) is 0 Å². The number of Topliss-reactive ketones (excluding diaryl/α,β-unsaturated/α-hetero) is 1. The van der Waals surface area contributed by atoms with Crippen LogP contribution in [0.15, 0.2) is 0 Å². The second kappa shape index (κ2) is 3.94. The summed E-state index contributed by atoms with van der Waals surface area (Å²) in [4.78, 5) is 10.7. The summed E-state index contributed by atoms with van der Waals surface area (Å²) in [5, 5.41) is -0.0602. The summed E-state index contributed by atoms with van der Waals surface area (Å²) in [7, 11) is 0. The molecule has 1 unspecified atom stereocenters. The van der Waals surface area contributed by atoms with Crippen molar-refractivity contribution < 1.29 is 4.79 Å². The summed E-state index contributed by atoms with van der Waals surface area (Å²) in [6, 6.07) is 0. The van der Waals surface area contributed by atoms with E-state index in [2.05, 4.69) is 19.6 Å². The smallest absolute Gasteiger partial charge is 0.142 e. The highest BCUT2D eigenvalue weighted by molar-refractivity contribution is 7.81. The highest BCUT2D eigenvalue weighted by Gasteiger charge is 2.14. The molecule has 0 heterocycles. The van der Waals surface area contributed by atoms with Crippen molar-refractivity contribution in [2.75, 3.05) is 0 Å². The second-order valence-corrected chi connectivity index (χ2v) is 3.00. The number of carbonyl (C=O) groups excluding carboxylic acids is 1. The van der Waals surface area contributed by atoms with Gasteiger partial charge < -0.3 is 0 Å². The normalized spacial score (nSPS) is 16.9. The molecule has 0 bridgehead atoms. The fourth-order valence-corrected chi connectivity index (χ4v) is 0.835. The molecule has 0 rings (SSSR count). The third-order valence-electron chi connectivity index (χ3n) is 1.60. The summed E-state index contributed by atoms with van der Waals surface area (Å²) in [5.74, 6) is 0.582. The third kappa shape index (κ3) is 2.89. The van der Waals surface area contributed by atoms with Gasteiger partial charge in [0.2, 0.25) is 0 Å².